The molecule has 0 aliphatic carbocycles. The molecule has 3 heterocycles. The smallest absolute Gasteiger partial charge is 0.264 e. The molecular formula is C20H19N5O3. The molecule has 142 valence electrons. The number of imide groups is 1. The van der Waals surface area contributed by atoms with Gasteiger partial charge in [0.1, 0.15) is 11.9 Å². The quantitative estimate of drug-likeness (QED) is 0.670. The molecule has 3 aromatic rings. The second-order valence-electron chi connectivity index (χ2n) is 6.68. The molecule has 1 aromatic carbocycles. The van der Waals surface area contributed by atoms with Crippen LogP contribution in [-0.4, -0.2) is 26.3 Å². The van der Waals surface area contributed by atoms with Crippen molar-refractivity contribution in [1.29, 1.82) is 0 Å². The topological polar surface area (TPSA) is 106 Å². The highest BCUT2D eigenvalue weighted by atomic mass is 16.2. The number of hydrogen-bond acceptors (Lipinski definition) is 6. The summed E-state index contributed by atoms with van der Waals surface area (Å²) >= 11 is 0. The van der Waals surface area contributed by atoms with Crippen LogP contribution in [0.4, 0.5) is 5.69 Å². The lowest BCUT2D eigenvalue weighted by molar-refractivity contribution is -0.135. The molecule has 8 nitrogen and oxygen atoms in total. The number of piperidine rings is 1. The van der Waals surface area contributed by atoms with Crippen molar-refractivity contribution in [1.82, 2.24) is 19.9 Å². The van der Waals surface area contributed by atoms with Crippen LogP contribution in [-0.2, 0) is 16.1 Å². The minimum atomic E-state index is -0.744. The van der Waals surface area contributed by atoms with E-state index in [1.54, 1.807) is 25.3 Å². The Bertz CT molecular complexity index is 1120. The van der Waals surface area contributed by atoms with Gasteiger partial charge in [0, 0.05) is 18.3 Å². The van der Waals surface area contributed by atoms with Gasteiger partial charge in [-0.3, -0.25) is 29.3 Å². The van der Waals surface area contributed by atoms with Crippen LogP contribution in [0.2, 0.25) is 0 Å². The summed E-state index contributed by atoms with van der Waals surface area (Å²) in [6.07, 6.45) is 2.18. The van der Waals surface area contributed by atoms with Gasteiger partial charge in [-0.25, -0.2) is 4.98 Å². The Kier molecular flexibility index (Phi) is 4.60. The van der Waals surface area contributed by atoms with Crippen LogP contribution in [0.5, 0.6) is 0 Å². The number of aryl methyl sites for hydroxylation is 1. The molecule has 28 heavy (non-hydrogen) atoms. The summed E-state index contributed by atoms with van der Waals surface area (Å²) in [6, 6.07) is 10.3. The molecule has 0 spiro atoms. The van der Waals surface area contributed by atoms with E-state index in [2.05, 4.69) is 20.6 Å². The minimum absolute atomic E-state index is 0.194. The van der Waals surface area contributed by atoms with Crippen LogP contribution in [0.1, 0.15) is 30.4 Å². The highest BCUT2D eigenvalue weighted by Crippen LogP contribution is 2.23. The zero-order chi connectivity index (χ0) is 19.7. The maximum absolute atomic E-state index is 13.3. The summed E-state index contributed by atoms with van der Waals surface area (Å²) in [5, 5.41) is 5.96. The van der Waals surface area contributed by atoms with Gasteiger partial charge in [0.05, 0.1) is 23.1 Å². The lowest BCUT2D eigenvalue weighted by Crippen LogP contribution is -2.45. The maximum Gasteiger partial charge on any atom is 0.264 e. The third-order valence-electron chi connectivity index (χ3n) is 4.81. The summed E-state index contributed by atoms with van der Waals surface area (Å²) in [5.41, 5.74) is 1.71. The van der Waals surface area contributed by atoms with Crippen molar-refractivity contribution >= 4 is 28.4 Å². The van der Waals surface area contributed by atoms with E-state index in [1.807, 2.05) is 24.3 Å². The number of aromatic nitrogens is 3. The van der Waals surface area contributed by atoms with Crippen molar-refractivity contribution in [2.24, 2.45) is 0 Å². The van der Waals surface area contributed by atoms with E-state index in [1.165, 1.54) is 4.57 Å². The third-order valence-corrected chi connectivity index (χ3v) is 4.81. The largest absolute Gasteiger partial charge is 0.379 e. The van der Waals surface area contributed by atoms with E-state index in [9.17, 15) is 14.4 Å². The van der Waals surface area contributed by atoms with Crippen molar-refractivity contribution in [3.05, 3.63) is 64.5 Å². The number of fused-ring (bicyclic) bond motifs is 1. The van der Waals surface area contributed by atoms with Gasteiger partial charge in [-0.2, -0.15) is 0 Å². The predicted molar refractivity (Wildman–Crippen MR) is 104 cm³/mol. The van der Waals surface area contributed by atoms with Gasteiger partial charge in [0.2, 0.25) is 11.8 Å². The first-order valence-electron chi connectivity index (χ1n) is 9.04. The number of benzene rings is 1. The fourth-order valence-corrected chi connectivity index (χ4v) is 3.48. The van der Waals surface area contributed by atoms with Crippen molar-refractivity contribution in [2.45, 2.75) is 32.4 Å². The van der Waals surface area contributed by atoms with E-state index < -0.39 is 11.9 Å². The number of carbonyl (C=O) groups excluding carboxylic acids is 2. The summed E-state index contributed by atoms with van der Waals surface area (Å²) in [5.74, 6) is -0.353. The van der Waals surface area contributed by atoms with Crippen LogP contribution < -0.4 is 16.2 Å². The molecule has 1 fully saturated rings. The first kappa shape index (κ1) is 17.8. The van der Waals surface area contributed by atoms with Crippen LogP contribution in [0.15, 0.2) is 47.4 Å². The number of pyridine rings is 1. The Labute approximate surface area is 160 Å². The summed E-state index contributed by atoms with van der Waals surface area (Å²) in [6.45, 7) is 2.14. The fourth-order valence-electron chi connectivity index (χ4n) is 3.48. The number of amides is 2. The molecule has 0 bridgehead atoms. The van der Waals surface area contributed by atoms with Gasteiger partial charge in [-0.1, -0.05) is 12.1 Å². The SMILES string of the molecule is Cc1nc2cccc(NCc3ccccn3)c2c(=O)n1C1CCC(=O)NC1=O. The normalized spacial score (nSPS) is 16.8. The third kappa shape index (κ3) is 3.24. The molecule has 1 atom stereocenters. The lowest BCUT2D eigenvalue weighted by atomic mass is 10.1. The Morgan fingerprint density at radius 2 is 2.04 bits per heavy atom. The minimum Gasteiger partial charge on any atom is -0.379 e. The average Bonchev–Trinajstić information content (AvgIpc) is 2.68. The molecule has 1 unspecified atom stereocenters. The maximum atomic E-state index is 13.3. The zero-order valence-electron chi connectivity index (χ0n) is 15.3. The molecular weight excluding hydrogens is 358 g/mol. The second-order valence-corrected chi connectivity index (χ2v) is 6.68. The summed E-state index contributed by atoms with van der Waals surface area (Å²) in [7, 11) is 0. The molecule has 8 heteroatoms. The van der Waals surface area contributed by atoms with Crippen LogP contribution in [0.3, 0.4) is 0 Å². The molecule has 2 amide bonds. The number of nitrogens with one attached hydrogen (secondary N) is 2. The first-order chi connectivity index (χ1) is 13.5. The molecule has 1 aliphatic rings. The standard InChI is InChI=1S/C20H19N5O3/c1-12-23-15-7-4-6-14(22-11-13-5-2-3-10-21-13)18(15)20(28)25(12)16-8-9-17(26)24-19(16)27/h2-7,10,16,22H,8-9,11H2,1H3,(H,24,26,27). The van der Waals surface area contributed by atoms with Crippen LogP contribution in [0.25, 0.3) is 10.9 Å². The number of anilines is 1. The monoisotopic (exact) mass is 377 g/mol. The Balaban J connectivity index is 1.77. The van der Waals surface area contributed by atoms with E-state index >= 15 is 0 Å². The van der Waals surface area contributed by atoms with E-state index in [0.29, 0.717) is 29.0 Å². The summed E-state index contributed by atoms with van der Waals surface area (Å²) in [4.78, 5) is 45.9. The van der Waals surface area contributed by atoms with Gasteiger partial charge in [-0.05, 0) is 37.6 Å². The second kappa shape index (κ2) is 7.22. The van der Waals surface area contributed by atoms with E-state index in [4.69, 9.17) is 0 Å². The van der Waals surface area contributed by atoms with Crippen LogP contribution in [0, 0.1) is 6.92 Å². The first-order valence-corrected chi connectivity index (χ1v) is 9.04. The highest BCUT2D eigenvalue weighted by Gasteiger charge is 2.30. The van der Waals surface area contributed by atoms with E-state index in [-0.39, 0.29) is 24.3 Å². The van der Waals surface area contributed by atoms with Crippen molar-refractivity contribution in [3.8, 4) is 0 Å². The number of carbonyl (C=O) groups is 2. The van der Waals surface area contributed by atoms with Gasteiger partial charge < -0.3 is 5.32 Å². The Hall–Kier alpha value is -3.55. The number of rotatable bonds is 4. The molecule has 2 N–H and O–H groups in total. The average molecular weight is 377 g/mol. The zero-order valence-corrected chi connectivity index (χ0v) is 15.3. The van der Waals surface area contributed by atoms with Gasteiger partial charge in [0.15, 0.2) is 0 Å². The number of hydrogen-bond donors (Lipinski definition) is 2. The molecule has 4 rings (SSSR count). The van der Waals surface area contributed by atoms with Gasteiger partial charge in [-0.15, -0.1) is 0 Å². The van der Waals surface area contributed by atoms with Crippen molar-refractivity contribution in [2.75, 3.05) is 5.32 Å². The lowest BCUT2D eigenvalue weighted by Gasteiger charge is -2.24. The Morgan fingerprint density at radius 3 is 2.79 bits per heavy atom. The Morgan fingerprint density at radius 1 is 1.18 bits per heavy atom. The van der Waals surface area contributed by atoms with Gasteiger partial charge >= 0.3 is 0 Å². The van der Waals surface area contributed by atoms with Crippen molar-refractivity contribution in [3.63, 3.8) is 0 Å². The molecule has 0 saturated carbocycles. The molecule has 2 aromatic heterocycles. The van der Waals surface area contributed by atoms with Gasteiger partial charge in [0.25, 0.3) is 5.56 Å². The summed E-state index contributed by atoms with van der Waals surface area (Å²) < 4.78 is 1.38. The van der Waals surface area contributed by atoms with E-state index in [0.717, 1.165) is 5.69 Å². The molecule has 0 radical (unpaired) electrons. The van der Waals surface area contributed by atoms with Crippen molar-refractivity contribution < 1.29 is 9.59 Å². The highest BCUT2D eigenvalue weighted by molar-refractivity contribution is 5.99. The predicted octanol–water partition coefficient (Wildman–Crippen LogP) is 1.69. The van der Waals surface area contributed by atoms with Crippen LogP contribution >= 0.6 is 0 Å². The number of nitrogens with zero attached hydrogens (tertiary/aromatic N) is 3. The molecule has 1 saturated heterocycles. The molecule has 1 aliphatic heterocycles. The fraction of sp³-hybridized carbons (Fsp3) is 0.250.